The van der Waals surface area contributed by atoms with Crippen LogP contribution in [0, 0.1) is 6.92 Å². The highest BCUT2D eigenvalue weighted by atomic mass is 15.5. The Balaban J connectivity index is 1.33. The second-order valence-electron chi connectivity index (χ2n) is 7.01. The van der Waals surface area contributed by atoms with Gasteiger partial charge in [-0.2, -0.15) is 5.10 Å². The number of nitrogens with zero attached hydrogens (tertiary/aromatic N) is 3. The first-order valence-corrected chi connectivity index (χ1v) is 9.54. The zero-order valence-electron chi connectivity index (χ0n) is 15.8. The van der Waals surface area contributed by atoms with Crippen LogP contribution in [-0.2, 0) is 0 Å². The molecule has 0 N–H and O–H groups in total. The lowest BCUT2D eigenvalue weighted by Crippen LogP contribution is -2.44. The summed E-state index contributed by atoms with van der Waals surface area (Å²) in [6.07, 6.45) is 1.97. The van der Waals surface area contributed by atoms with Crippen LogP contribution in [0.5, 0.6) is 0 Å². The molecule has 3 heteroatoms. The van der Waals surface area contributed by atoms with Crippen LogP contribution in [-0.4, -0.2) is 37.4 Å². The molecule has 1 fully saturated rings. The van der Waals surface area contributed by atoms with Crippen LogP contribution < -0.4 is 4.90 Å². The molecule has 0 saturated carbocycles. The van der Waals surface area contributed by atoms with Crippen molar-refractivity contribution in [2.45, 2.75) is 6.92 Å². The molecule has 0 spiro atoms. The summed E-state index contributed by atoms with van der Waals surface area (Å²) in [5, 5.41) is 6.84. The molecule has 0 amide bonds. The molecule has 1 aliphatic rings. The summed E-state index contributed by atoms with van der Waals surface area (Å²) >= 11 is 0. The molecule has 0 aliphatic carbocycles. The van der Waals surface area contributed by atoms with E-state index < -0.39 is 0 Å². The number of hydrogen-bond acceptors (Lipinski definition) is 3. The molecular weight excluding hydrogens is 330 g/mol. The molecule has 0 radical (unpaired) electrons. The van der Waals surface area contributed by atoms with E-state index in [-0.39, 0.29) is 0 Å². The van der Waals surface area contributed by atoms with Gasteiger partial charge in [-0.15, -0.1) is 0 Å². The number of aryl methyl sites for hydroxylation is 1. The van der Waals surface area contributed by atoms with Crippen molar-refractivity contribution in [1.29, 1.82) is 0 Å². The number of rotatable bonds is 4. The minimum absolute atomic E-state index is 0.951. The molecule has 0 aromatic heterocycles. The van der Waals surface area contributed by atoms with E-state index in [1.54, 1.807) is 0 Å². The predicted molar refractivity (Wildman–Crippen MR) is 114 cm³/mol. The van der Waals surface area contributed by atoms with Crippen molar-refractivity contribution in [3.63, 3.8) is 0 Å². The van der Waals surface area contributed by atoms with Crippen LogP contribution in [0.1, 0.15) is 11.1 Å². The number of hydrogen-bond donors (Lipinski definition) is 0. The van der Waals surface area contributed by atoms with Gasteiger partial charge in [0.15, 0.2) is 0 Å². The molecule has 136 valence electrons. The number of hydrazone groups is 1. The molecule has 0 atom stereocenters. The summed E-state index contributed by atoms with van der Waals surface area (Å²) in [6.45, 7) is 6.04. The van der Waals surface area contributed by atoms with Gasteiger partial charge in [-0.3, -0.25) is 5.01 Å². The third-order valence-electron chi connectivity index (χ3n) is 5.04. The van der Waals surface area contributed by atoms with E-state index in [4.69, 9.17) is 0 Å². The maximum absolute atomic E-state index is 4.68. The summed E-state index contributed by atoms with van der Waals surface area (Å²) in [7, 11) is 0. The van der Waals surface area contributed by atoms with Gasteiger partial charge in [0.1, 0.15) is 0 Å². The smallest absolute Gasteiger partial charge is 0.0542 e. The Labute approximate surface area is 161 Å². The first kappa shape index (κ1) is 17.3. The third kappa shape index (κ3) is 4.37. The Hall–Kier alpha value is -3.07. The van der Waals surface area contributed by atoms with Crippen LogP contribution in [0.15, 0.2) is 84.0 Å². The number of piperazine rings is 1. The molecular formula is C24H25N3. The van der Waals surface area contributed by atoms with Crippen LogP contribution in [0.25, 0.3) is 11.1 Å². The molecule has 1 heterocycles. The SMILES string of the molecule is Cc1ccc(N2CCN(N=Cc3ccc(-c4ccccc4)cc3)CC2)cc1. The largest absolute Gasteiger partial charge is 0.368 e. The monoisotopic (exact) mass is 355 g/mol. The van der Waals surface area contributed by atoms with Gasteiger partial charge in [0.05, 0.1) is 19.3 Å². The molecule has 1 saturated heterocycles. The number of anilines is 1. The van der Waals surface area contributed by atoms with Gasteiger partial charge in [-0.05, 0) is 35.7 Å². The first-order chi connectivity index (χ1) is 13.3. The molecule has 4 rings (SSSR count). The molecule has 27 heavy (non-hydrogen) atoms. The Morgan fingerprint density at radius 1 is 0.704 bits per heavy atom. The number of benzene rings is 3. The second-order valence-corrected chi connectivity index (χ2v) is 7.01. The van der Waals surface area contributed by atoms with E-state index in [0.717, 1.165) is 31.7 Å². The van der Waals surface area contributed by atoms with Gasteiger partial charge in [-0.25, -0.2) is 0 Å². The summed E-state index contributed by atoms with van der Waals surface area (Å²) in [5.41, 5.74) is 6.23. The Kier molecular flexibility index (Phi) is 5.20. The lowest BCUT2D eigenvalue weighted by molar-refractivity contribution is 0.272. The van der Waals surface area contributed by atoms with Crippen LogP contribution >= 0.6 is 0 Å². The summed E-state index contributed by atoms with van der Waals surface area (Å²) in [5.74, 6) is 0. The van der Waals surface area contributed by atoms with Crippen molar-refractivity contribution in [2.24, 2.45) is 5.10 Å². The summed E-state index contributed by atoms with van der Waals surface area (Å²) in [6, 6.07) is 27.8. The average molecular weight is 355 g/mol. The third-order valence-corrected chi connectivity index (χ3v) is 5.04. The van der Waals surface area contributed by atoms with Crippen molar-refractivity contribution in [3.05, 3.63) is 90.0 Å². The zero-order chi connectivity index (χ0) is 18.5. The molecule has 0 unspecified atom stereocenters. The van der Waals surface area contributed by atoms with E-state index in [1.165, 1.54) is 22.4 Å². The van der Waals surface area contributed by atoms with Crippen molar-refractivity contribution in [1.82, 2.24) is 5.01 Å². The molecule has 0 bridgehead atoms. The fourth-order valence-electron chi connectivity index (χ4n) is 3.37. The van der Waals surface area contributed by atoms with Gasteiger partial charge >= 0.3 is 0 Å². The Morgan fingerprint density at radius 2 is 1.33 bits per heavy atom. The lowest BCUT2D eigenvalue weighted by atomic mass is 10.0. The molecule has 3 aromatic rings. The fraction of sp³-hybridized carbons (Fsp3) is 0.208. The predicted octanol–water partition coefficient (Wildman–Crippen LogP) is 4.82. The van der Waals surface area contributed by atoms with Gasteiger partial charge in [-0.1, -0.05) is 72.3 Å². The highest BCUT2D eigenvalue weighted by Crippen LogP contribution is 2.19. The Morgan fingerprint density at radius 3 is 2.00 bits per heavy atom. The maximum Gasteiger partial charge on any atom is 0.0542 e. The minimum Gasteiger partial charge on any atom is -0.368 e. The van der Waals surface area contributed by atoms with Gasteiger partial charge < -0.3 is 4.90 Å². The zero-order valence-corrected chi connectivity index (χ0v) is 15.8. The summed E-state index contributed by atoms with van der Waals surface area (Å²) < 4.78 is 0. The van der Waals surface area contributed by atoms with Gasteiger partial charge in [0, 0.05) is 18.8 Å². The van der Waals surface area contributed by atoms with E-state index in [9.17, 15) is 0 Å². The standard InChI is InChI=1S/C24H25N3/c1-20-7-13-24(14-8-20)26-15-17-27(18-16-26)25-19-21-9-11-23(12-10-21)22-5-3-2-4-6-22/h2-14,19H,15-18H2,1H3. The van der Waals surface area contributed by atoms with E-state index in [1.807, 2.05) is 12.3 Å². The topological polar surface area (TPSA) is 18.8 Å². The van der Waals surface area contributed by atoms with Crippen molar-refractivity contribution >= 4 is 11.9 Å². The normalized spacial score (nSPS) is 14.7. The van der Waals surface area contributed by atoms with Gasteiger partial charge in [0.2, 0.25) is 0 Å². The second kappa shape index (κ2) is 8.09. The Bertz CT molecular complexity index is 875. The van der Waals surface area contributed by atoms with Crippen molar-refractivity contribution in [2.75, 3.05) is 31.1 Å². The first-order valence-electron chi connectivity index (χ1n) is 9.54. The summed E-state index contributed by atoms with van der Waals surface area (Å²) in [4.78, 5) is 2.43. The highest BCUT2D eigenvalue weighted by Gasteiger charge is 2.15. The lowest BCUT2D eigenvalue weighted by Gasteiger charge is -2.34. The van der Waals surface area contributed by atoms with Gasteiger partial charge in [0.25, 0.3) is 0 Å². The minimum atomic E-state index is 0.951. The van der Waals surface area contributed by atoms with E-state index in [0.29, 0.717) is 0 Å². The van der Waals surface area contributed by atoms with Crippen LogP contribution in [0.4, 0.5) is 5.69 Å². The fourth-order valence-corrected chi connectivity index (χ4v) is 3.37. The quantitative estimate of drug-likeness (QED) is 0.625. The maximum atomic E-state index is 4.68. The van der Waals surface area contributed by atoms with E-state index >= 15 is 0 Å². The molecule has 1 aliphatic heterocycles. The highest BCUT2D eigenvalue weighted by molar-refractivity contribution is 5.80. The average Bonchev–Trinajstić information content (AvgIpc) is 2.74. The van der Waals surface area contributed by atoms with Crippen LogP contribution in [0.3, 0.4) is 0 Å². The van der Waals surface area contributed by atoms with Crippen molar-refractivity contribution < 1.29 is 0 Å². The van der Waals surface area contributed by atoms with E-state index in [2.05, 4.69) is 94.7 Å². The van der Waals surface area contributed by atoms with Crippen molar-refractivity contribution in [3.8, 4) is 11.1 Å². The molecule has 3 aromatic carbocycles. The van der Waals surface area contributed by atoms with Crippen LogP contribution in [0.2, 0.25) is 0 Å². The molecule has 3 nitrogen and oxygen atoms in total.